The van der Waals surface area contributed by atoms with Crippen molar-refractivity contribution in [1.82, 2.24) is 29.3 Å². The highest BCUT2D eigenvalue weighted by atomic mass is 32.2. The highest BCUT2D eigenvalue weighted by Gasteiger charge is 2.18. The lowest BCUT2D eigenvalue weighted by Crippen LogP contribution is -2.13. The molecule has 0 aliphatic carbocycles. The zero-order valence-electron chi connectivity index (χ0n) is 18.1. The number of benzene rings is 1. The molecule has 0 aliphatic rings. The predicted octanol–water partition coefficient (Wildman–Crippen LogP) is 3.65. The standard InChI is InChI=1S/C21H23N7O3S/c1-14(2)27-11-21(24-13-27)32(29,30)26-17-5-7-18(8-6-17)31-20-10-19(22-12-23-20)28-16(4)9-15(3)25-28/h5-14,26H,1-4H3. The van der Waals surface area contributed by atoms with Crippen molar-refractivity contribution in [3.8, 4) is 17.4 Å². The molecule has 1 N–H and O–H groups in total. The van der Waals surface area contributed by atoms with E-state index >= 15 is 0 Å². The quantitative estimate of drug-likeness (QED) is 0.454. The molecule has 4 rings (SSSR count). The molecule has 0 bridgehead atoms. The number of aryl methyl sites for hydroxylation is 2. The van der Waals surface area contributed by atoms with Crippen LogP contribution in [0.3, 0.4) is 0 Å². The van der Waals surface area contributed by atoms with Crippen molar-refractivity contribution in [3.63, 3.8) is 0 Å². The van der Waals surface area contributed by atoms with E-state index in [4.69, 9.17) is 4.74 Å². The molecule has 0 aliphatic heterocycles. The number of sulfonamides is 1. The number of anilines is 1. The second-order valence-electron chi connectivity index (χ2n) is 7.54. The SMILES string of the molecule is Cc1cc(C)n(-c2cc(Oc3ccc(NS(=O)(=O)c4cn(C(C)C)cn4)cc3)ncn2)n1. The van der Waals surface area contributed by atoms with E-state index in [0.29, 0.717) is 23.1 Å². The van der Waals surface area contributed by atoms with Gasteiger partial charge in [-0.3, -0.25) is 4.72 Å². The van der Waals surface area contributed by atoms with E-state index in [9.17, 15) is 8.42 Å². The second kappa shape index (κ2) is 8.42. The first-order valence-corrected chi connectivity index (χ1v) is 11.4. The molecule has 0 radical (unpaired) electrons. The largest absolute Gasteiger partial charge is 0.439 e. The second-order valence-corrected chi connectivity index (χ2v) is 9.17. The van der Waals surface area contributed by atoms with Crippen LogP contribution in [0.15, 0.2) is 60.3 Å². The minimum absolute atomic E-state index is 0.0378. The van der Waals surface area contributed by atoms with Crippen LogP contribution < -0.4 is 9.46 Å². The van der Waals surface area contributed by atoms with Gasteiger partial charge in [0.15, 0.2) is 10.8 Å². The summed E-state index contributed by atoms with van der Waals surface area (Å²) in [5.74, 6) is 1.43. The summed E-state index contributed by atoms with van der Waals surface area (Å²) in [5, 5.41) is 4.37. The maximum atomic E-state index is 12.6. The van der Waals surface area contributed by atoms with Crippen LogP contribution in [0, 0.1) is 13.8 Å². The van der Waals surface area contributed by atoms with E-state index < -0.39 is 10.0 Å². The first kappa shape index (κ1) is 21.5. The molecule has 32 heavy (non-hydrogen) atoms. The average Bonchev–Trinajstić information content (AvgIpc) is 3.37. The van der Waals surface area contributed by atoms with Gasteiger partial charge in [0.05, 0.1) is 12.0 Å². The van der Waals surface area contributed by atoms with Crippen LogP contribution in [-0.2, 0) is 10.0 Å². The van der Waals surface area contributed by atoms with Gasteiger partial charge < -0.3 is 9.30 Å². The van der Waals surface area contributed by atoms with Crippen LogP contribution in [0.4, 0.5) is 5.69 Å². The zero-order valence-corrected chi connectivity index (χ0v) is 18.9. The van der Waals surface area contributed by atoms with E-state index in [-0.39, 0.29) is 11.1 Å². The van der Waals surface area contributed by atoms with Crippen LogP contribution >= 0.6 is 0 Å². The Balaban J connectivity index is 1.47. The smallest absolute Gasteiger partial charge is 0.280 e. The van der Waals surface area contributed by atoms with Crippen molar-refractivity contribution in [3.05, 3.63) is 66.6 Å². The predicted molar refractivity (Wildman–Crippen MR) is 119 cm³/mol. The fourth-order valence-electron chi connectivity index (χ4n) is 3.02. The van der Waals surface area contributed by atoms with E-state index in [1.165, 1.54) is 18.9 Å². The Hall–Kier alpha value is -3.73. The Morgan fingerprint density at radius 2 is 1.78 bits per heavy atom. The minimum Gasteiger partial charge on any atom is -0.439 e. The molecule has 0 atom stereocenters. The Bertz CT molecular complexity index is 1340. The number of nitrogens with one attached hydrogen (secondary N) is 1. The molecular weight excluding hydrogens is 430 g/mol. The molecule has 0 saturated heterocycles. The summed E-state index contributed by atoms with van der Waals surface area (Å²) < 4.78 is 36.9. The molecule has 4 aromatic rings. The number of ether oxygens (including phenoxy) is 1. The van der Waals surface area contributed by atoms with Crippen molar-refractivity contribution >= 4 is 15.7 Å². The van der Waals surface area contributed by atoms with Crippen molar-refractivity contribution < 1.29 is 13.2 Å². The van der Waals surface area contributed by atoms with Crippen molar-refractivity contribution in [1.29, 1.82) is 0 Å². The van der Waals surface area contributed by atoms with Crippen molar-refractivity contribution in [2.45, 2.75) is 38.8 Å². The summed E-state index contributed by atoms with van der Waals surface area (Å²) in [4.78, 5) is 12.4. The van der Waals surface area contributed by atoms with E-state index in [1.54, 1.807) is 39.6 Å². The normalized spacial score (nSPS) is 11.7. The lowest BCUT2D eigenvalue weighted by Gasteiger charge is -2.09. The van der Waals surface area contributed by atoms with E-state index in [1.807, 2.05) is 33.8 Å². The van der Waals surface area contributed by atoms with Gasteiger partial charge in [-0.2, -0.15) is 13.5 Å². The van der Waals surface area contributed by atoms with E-state index in [2.05, 4.69) is 24.8 Å². The molecule has 0 spiro atoms. The van der Waals surface area contributed by atoms with Gasteiger partial charge in [0, 0.05) is 29.7 Å². The molecule has 0 unspecified atom stereocenters. The lowest BCUT2D eigenvalue weighted by atomic mass is 10.3. The van der Waals surface area contributed by atoms with Gasteiger partial charge in [0.1, 0.15) is 12.1 Å². The summed E-state index contributed by atoms with van der Waals surface area (Å²) in [6, 6.07) is 10.3. The van der Waals surface area contributed by atoms with E-state index in [0.717, 1.165) is 11.4 Å². The highest BCUT2D eigenvalue weighted by molar-refractivity contribution is 7.92. The van der Waals surface area contributed by atoms with Crippen LogP contribution in [0.1, 0.15) is 31.3 Å². The number of rotatable bonds is 7. The Labute approximate surface area is 186 Å². The summed E-state index contributed by atoms with van der Waals surface area (Å²) in [7, 11) is -3.79. The highest BCUT2D eigenvalue weighted by Crippen LogP contribution is 2.24. The fraction of sp³-hybridized carbons (Fsp3) is 0.238. The van der Waals surface area contributed by atoms with Gasteiger partial charge in [-0.25, -0.2) is 19.6 Å². The van der Waals surface area contributed by atoms with Crippen LogP contribution in [-0.4, -0.2) is 37.7 Å². The van der Waals surface area contributed by atoms with Crippen LogP contribution in [0.2, 0.25) is 0 Å². The summed E-state index contributed by atoms with van der Waals surface area (Å²) in [6.45, 7) is 7.74. The molecule has 11 heteroatoms. The molecule has 3 aromatic heterocycles. The lowest BCUT2D eigenvalue weighted by molar-refractivity contribution is 0.460. The summed E-state index contributed by atoms with van der Waals surface area (Å²) in [6.07, 6.45) is 4.40. The molecule has 0 fully saturated rings. The number of hydrogen-bond donors (Lipinski definition) is 1. The molecule has 0 amide bonds. The fourth-order valence-corrected chi connectivity index (χ4v) is 4.02. The topological polar surface area (TPSA) is 117 Å². The maximum Gasteiger partial charge on any atom is 0.280 e. The Kier molecular flexibility index (Phi) is 5.66. The zero-order chi connectivity index (χ0) is 22.9. The first-order valence-electron chi connectivity index (χ1n) is 9.91. The average molecular weight is 454 g/mol. The molecular formula is C21H23N7O3S. The first-order chi connectivity index (χ1) is 15.2. The van der Waals surface area contributed by atoms with Crippen LogP contribution in [0.5, 0.6) is 11.6 Å². The van der Waals surface area contributed by atoms with Gasteiger partial charge >= 0.3 is 0 Å². The third-order valence-corrected chi connectivity index (χ3v) is 5.90. The van der Waals surface area contributed by atoms with Crippen molar-refractivity contribution in [2.24, 2.45) is 0 Å². The molecule has 166 valence electrons. The third kappa shape index (κ3) is 4.62. The van der Waals surface area contributed by atoms with Gasteiger partial charge in [-0.05, 0) is 58.0 Å². The van der Waals surface area contributed by atoms with Gasteiger partial charge in [-0.1, -0.05) is 0 Å². The third-order valence-electron chi connectivity index (χ3n) is 4.63. The minimum atomic E-state index is -3.79. The Morgan fingerprint density at radius 3 is 2.41 bits per heavy atom. The van der Waals surface area contributed by atoms with Crippen molar-refractivity contribution in [2.75, 3.05) is 4.72 Å². The number of aromatic nitrogens is 6. The number of imidazole rings is 1. The summed E-state index contributed by atoms with van der Waals surface area (Å²) in [5.41, 5.74) is 2.22. The van der Waals surface area contributed by atoms with Crippen LogP contribution in [0.25, 0.3) is 5.82 Å². The maximum absolute atomic E-state index is 12.6. The molecule has 1 aromatic carbocycles. The Morgan fingerprint density at radius 1 is 1.03 bits per heavy atom. The van der Waals surface area contributed by atoms with Gasteiger partial charge in [0.2, 0.25) is 5.88 Å². The molecule has 0 saturated carbocycles. The molecule has 10 nitrogen and oxygen atoms in total. The number of nitrogens with zero attached hydrogens (tertiary/aromatic N) is 6. The monoisotopic (exact) mass is 453 g/mol. The summed E-state index contributed by atoms with van der Waals surface area (Å²) >= 11 is 0. The molecule has 3 heterocycles. The van der Waals surface area contributed by atoms with Gasteiger partial charge in [0.25, 0.3) is 10.0 Å². The van der Waals surface area contributed by atoms with Gasteiger partial charge in [-0.15, -0.1) is 0 Å². The number of hydrogen-bond acceptors (Lipinski definition) is 7.